The lowest BCUT2D eigenvalue weighted by atomic mass is 9.73. The lowest BCUT2D eigenvalue weighted by molar-refractivity contribution is 0.402. The number of rotatable bonds is 5. The van der Waals surface area contributed by atoms with Crippen LogP contribution in [-0.2, 0) is 12.5 Å². The van der Waals surface area contributed by atoms with Crippen molar-refractivity contribution in [3.05, 3.63) is 180 Å². The zero-order chi connectivity index (χ0) is 35.8. The van der Waals surface area contributed by atoms with E-state index in [0.29, 0.717) is 11.1 Å². The van der Waals surface area contributed by atoms with Crippen molar-refractivity contribution in [2.24, 2.45) is 7.05 Å². The third kappa shape index (κ3) is 4.68. The molecule has 0 aliphatic carbocycles. The number of aryl methyl sites for hydroxylation is 1. The predicted octanol–water partition coefficient (Wildman–Crippen LogP) is 11.9. The molecule has 3 aromatic heterocycles. The highest BCUT2D eigenvalue weighted by Gasteiger charge is 2.40. The van der Waals surface area contributed by atoms with E-state index in [4.69, 9.17) is 9.97 Å². The zero-order valence-corrected chi connectivity index (χ0v) is 29.7. The van der Waals surface area contributed by atoms with Crippen LogP contribution in [0.25, 0.3) is 49.9 Å². The highest BCUT2D eigenvalue weighted by molar-refractivity contribution is 6.13. The summed E-state index contributed by atoms with van der Waals surface area (Å²) < 4.78 is 21.3. The number of hydrogen-bond donors (Lipinski definition) is 0. The van der Waals surface area contributed by atoms with Gasteiger partial charge in [-0.25, -0.2) is 14.4 Å². The summed E-state index contributed by atoms with van der Waals surface area (Å²) in [5.74, 6) is 1.66. The minimum Gasteiger partial charge on any atom is -0.327 e. The van der Waals surface area contributed by atoms with Gasteiger partial charge in [-0.1, -0.05) is 105 Å². The van der Waals surface area contributed by atoms with Gasteiger partial charge in [0.1, 0.15) is 11.6 Å². The summed E-state index contributed by atoms with van der Waals surface area (Å²) in [6, 6.07) is 51.5. The Morgan fingerprint density at radius 1 is 0.642 bits per heavy atom. The molecule has 0 saturated heterocycles. The molecule has 6 aromatic carbocycles. The van der Waals surface area contributed by atoms with Crippen molar-refractivity contribution in [1.82, 2.24) is 19.1 Å². The molecule has 0 fully saturated rings. The normalized spacial score (nSPS) is 14.1. The minimum absolute atomic E-state index is 0.397. The van der Waals surface area contributed by atoms with Crippen LogP contribution in [0.4, 0.5) is 21.6 Å². The van der Waals surface area contributed by atoms with Gasteiger partial charge in [0.05, 0.1) is 27.8 Å². The average molecular weight is 690 g/mol. The Hall–Kier alpha value is -6.53. The molecule has 9 aromatic rings. The molecule has 0 radical (unpaired) electrons. The maximum absolute atomic E-state index is 16.8. The molecule has 53 heavy (non-hydrogen) atoms. The van der Waals surface area contributed by atoms with Crippen LogP contribution >= 0.6 is 0 Å². The van der Waals surface area contributed by atoms with Crippen LogP contribution in [0.2, 0.25) is 0 Å². The van der Waals surface area contributed by atoms with E-state index in [9.17, 15) is 0 Å². The molecular weight excluding hydrogens is 654 g/mol. The van der Waals surface area contributed by atoms with Gasteiger partial charge in [0.2, 0.25) is 0 Å². The van der Waals surface area contributed by atoms with E-state index >= 15 is 4.39 Å². The van der Waals surface area contributed by atoms with Crippen molar-refractivity contribution >= 4 is 50.0 Å². The lowest BCUT2D eigenvalue weighted by Crippen LogP contribution is -2.32. The molecule has 0 saturated carbocycles. The molecule has 1 aliphatic heterocycles. The zero-order valence-electron chi connectivity index (χ0n) is 29.7. The van der Waals surface area contributed by atoms with Crippen molar-refractivity contribution in [2.45, 2.75) is 25.4 Å². The van der Waals surface area contributed by atoms with Gasteiger partial charge in [0, 0.05) is 57.5 Å². The molecule has 0 N–H and O–H groups in total. The SMILES string of the molecule is Cn1c(-c2cccc(C(F)c3cccc(N4c5ccc6c7ccccc7n(-c7ccccc7)c6c5C(C)(C)c5cccnc54)c3)c2)nc2ccccc21. The summed E-state index contributed by atoms with van der Waals surface area (Å²) in [6.45, 7) is 4.59. The second kappa shape index (κ2) is 11.8. The molecule has 256 valence electrons. The van der Waals surface area contributed by atoms with Crippen molar-refractivity contribution < 1.29 is 4.39 Å². The van der Waals surface area contributed by atoms with E-state index < -0.39 is 11.6 Å². The van der Waals surface area contributed by atoms with E-state index in [1.807, 2.05) is 80.0 Å². The lowest BCUT2D eigenvalue weighted by Gasteiger charge is -2.41. The Balaban J connectivity index is 1.14. The van der Waals surface area contributed by atoms with Crippen LogP contribution in [0.15, 0.2) is 158 Å². The van der Waals surface area contributed by atoms with Crippen LogP contribution < -0.4 is 4.90 Å². The quantitative estimate of drug-likeness (QED) is 0.181. The largest absolute Gasteiger partial charge is 0.327 e. The Morgan fingerprint density at radius 2 is 1.36 bits per heavy atom. The number of nitrogens with zero attached hydrogens (tertiary/aromatic N) is 5. The maximum Gasteiger partial charge on any atom is 0.150 e. The monoisotopic (exact) mass is 689 g/mol. The Bertz CT molecular complexity index is 2870. The first kappa shape index (κ1) is 31.2. The molecule has 0 bridgehead atoms. The van der Waals surface area contributed by atoms with Crippen molar-refractivity contribution in [3.63, 3.8) is 0 Å². The first-order chi connectivity index (χ1) is 25.9. The van der Waals surface area contributed by atoms with Gasteiger partial charge in [-0.15, -0.1) is 0 Å². The van der Waals surface area contributed by atoms with E-state index in [2.05, 4.69) is 113 Å². The molecule has 1 unspecified atom stereocenters. The molecule has 6 heteroatoms. The first-order valence-electron chi connectivity index (χ1n) is 18.0. The second-order valence-corrected chi connectivity index (χ2v) is 14.4. The van der Waals surface area contributed by atoms with E-state index in [0.717, 1.165) is 61.9 Å². The molecule has 0 spiro atoms. The van der Waals surface area contributed by atoms with Crippen LogP contribution in [0, 0.1) is 0 Å². The van der Waals surface area contributed by atoms with Crippen LogP contribution in [0.3, 0.4) is 0 Å². The van der Waals surface area contributed by atoms with E-state index in [1.54, 1.807) is 0 Å². The highest BCUT2D eigenvalue weighted by atomic mass is 19.1. The molecule has 10 rings (SSSR count). The van der Waals surface area contributed by atoms with Gasteiger partial charge < -0.3 is 9.13 Å². The van der Waals surface area contributed by atoms with Crippen molar-refractivity contribution in [3.8, 4) is 17.1 Å². The number of anilines is 3. The number of halogens is 1. The Kier molecular flexibility index (Phi) is 6.92. The fraction of sp³-hybridized carbons (Fsp3) is 0.106. The smallest absolute Gasteiger partial charge is 0.150 e. The van der Waals surface area contributed by atoms with Gasteiger partial charge in [-0.05, 0) is 71.8 Å². The number of pyridine rings is 1. The number of aromatic nitrogens is 4. The van der Waals surface area contributed by atoms with Crippen LogP contribution in [0.5, 0.6) is 0 Å². The molecule has 1 atom stereocenters. The van der Waals surface area contributed by atoms with E-state index in [1.165, 1.54) is 16.3 Å². The third-order valence-electron chi connectivity index (χ3n) is 11.0. The van der Waals surface area contributed by atoms with Crippen LogP contribution in [0.1, 0.15) is 42.3 Å². The maximum atomic E-state index is 16.8. The topological polar surface area (TPSA) is 38.9 Å². The summed E-state index contributed by atoms with van der Waals surface area (Å²) in [7, 11) is 2.00. The van der Waals surface area contributed by atoms with Gasteiger partial charge in [-0.3, -0.25) is 4.90 Å². The second-order valence-electron chi connectivity index (χ2n) is 14.4. The third-order valence-corrected chi connectivity index (χ3v) is 11.0. The number of fused-ring (bicyclic) bond motifs is 7. The number of imidazole rings is 1. The molecule has 1 aliphatic rings. The fourth-order valence-electron chi connectivity index (χ4n) is 8.52. The minimum atomic E-state index is -1.35. The number of para-hydroxylation sites is 4. The van der Waals surface area contributed by atoms with Crippen molar-refractivity contribution in [1.29, 1.82) is 0 Å². The summed E-state index contributed by atoms with van der Waals surface area (Å²) in [5, 5.41) is 2.40. The number of alkyl halides is 1. The van der Waals surface area contributed by atoms with Gasteiger partial charge in [0.15, 0.2) is 6.17 Å². The molecular formula is C47H36FN5. The highest BCUT2D eigenvalue weighted by Crippen LogP contribution is 2.54. The molecule has 4 heterocycles. The molecule has 0 amide bonds. The molecule has 5 nitrogen and oxygen atoms in total. The van der Waals surface area contributed by atoms with Gasteiger partial charge >= 0.3 is 0 Å². The summed E-state index contributed by atoms with van der Waals surface area (Å²) >= 11 is 0. The summed E-state index contributed by atoms with van der Waals surface area (Å²) in [6.07, 6.45) is 0.498. The predicted molar refractivity (Wildman–Crippen MR) is 214 cm³/mol. The standard InChI is InChI=1S/C47H36FN5/c1-47(2)37-21-13-27-49-46(37)53(41-26-25-36-35-20-7-9-23-39(35)52(44(36)42(41)47)33-17-5-4-6-18-33)34-19-12-15-31(29-34)43(48)30-14-11-16-32(28-30)45-50-38-22-8-10-24-40(38)51(45)3/h4-29,43H,1-3H3. The van der Waals surface area contributed by atoms with Crippen molar-refractivity contribution in [2.75, 3.05) is 4.90 Å². The fourth-order valence-corrected chi connectivity index (χ4v) is 8.52. The Morgan fingerprint density at radius 3 is 2.19 bits per heavy atom. The van der Waals surface area contributed by atoms with Crippen LogP contribution in [-0.4, -0.2) is 19.1 Å². The van der Waals surface area contributed by atoms with Gasteiger partial charge in [-0.2, -0.15) is 0 Å². The summed E-state index contributed by atoms with van der Waals surface area (Å²) in [4.78, 5) is 12.1. The average Bonchev–Trinajstić information content (AvgIpc) is 3.72. The Labute approximate surface area is 307 Å². The number of hydrogen-bond acceptors (Lipinski definition) is 3. The number of benzene rings is 6. The first-order valence-corrected chi connectivity index (χ1v) is 18.0. The van der Waals surface area contributed by atoms with Gasteiger partial charge in [0.25, 0.3) is 0 Å². The van der Waals surface area contributed by atoms with E-state index in [-0.39, 0.29) is 0 Å². The summed E-state index contributed by atoms with van der Waals surface area (Å²) in [5.41, 5.74) is 11.2.